The van der Waals surface area contributed by atoms with Gasteiger partial charge in [0.2, 0.25) is 15.9 Å². The lowest BCUT2D eigenvalue weighted by Gasteiger charge is -2.22. The molecule has 5 nitrogen and oxygen atoms in total. The van der Waals surface area contributed by atoms with Crippen LogP contribution in [-0.2, 0) is 21.2 Å². The number of aryl methyl sites for hydroxylation is 1. The van der Waals surface area contributed by atoms with E-state index in [2.05, 4.69) is 21.2 Å². The Balaban J connectivity index is 1.94. The molecule has 0 aliphatic carbocycles. The number of sulfonamides is 1. The van der Waals surface area contributed by atoms with Crippen LogP contribution in [0.25, 0.3) is 0 Å². The van der Waals surface area contributed by atoms with Crippen molar-refractivity contribution < 1.29 is 13.2 Å². The molecule has 0 radical (unpaired) electrons. The lowest BCUT2D eigenvalue weighted by Crippen LogP contribution is -2.31. The van der Waals surface area contributed by atoms with E-state index in [1.165, 1.54) is 10.6 Å². The van der Waals surface area contributed by atoms with E-state index >= 15 is 0 Å². The van der Waals surface area contributed by atoms with Gasteiger partial charge in [-0.15, -0.1) is 0 Å². The molecule has 0 heterocycles. The molecule has 7 heteroatoms. The Morgan fingerprint density at radius 2 is 1.69 bits per heavy atom. The van der Waals surface area contributed by atoms with Crippen LogP contribution in [0.3, 0.4) is 0 Å². The summed E-state index contributed by atoms with van der Waals surface area (Å²) in [6, 6.07) is 14.8. The summed E-state index contributed by atoms with van der Waals surface area (Å²) in [5.74, 6) is -0.137. The lowest BCUT2D eigenvalue weighted by molar-refractivity contribution is -0.116. The fourth-order valence-corrected chi connectivity index (χ4v) is 3.75. The molecule has 0 fully saturated rings. The highest BCUT2D eigenvalue weighted by molar-refractivity contribution is 9.10. The Morgan fingerprint density at radius 3 is 2.23 bits per heavy atom. The molecule has 140 valence electrons. The predicted octanol–water partition coefficient (Wildman–Crippen LogP) is 4.20. The molecule has 0 bridgehead atoms. The zero-order chi connectivity index (χ0) is 19.2. The molecule has 0 spiro atoms. The number of nitrogens with one attached hydrogen (secondary N) is 1. The van der Waals surface area contributed by atoms with E-state index in [0.717, 1.165) is 16.5 Å². The average Bonchev–Trinajstić information content (AvgIpc) is 2.60. The summed E-state index contributed by atoms with van der Waals surface area (Å²) in [6.45, 7) is 2.31. The third-order valence-electron chi connectivity index (χ3n) is 3.93. The molecule has 0 saturated carbocycles. The van der Waals surface area contributed by atoms with Gasteiger partial charge in [-0.25, -0.2) is 8.42 Å². The zero-order valence-corrected chi connectivity index (χ0v) is 17.3. The second kappa shape index (κ2) is 9.19. The van der Waals surface area contributed by atoms with Crippen molar-refractivity contribution in [1.29, 1.82) is 0 Å². The molecule has 2 aromatic carbocycles. The van der Waals surface area contributed by atoms with Crippen LogP contribution in [0.1, 0.15) is 25.3 Å². The first-order valence-corrected chi connectivity index (χ1v) is 11.1. The number of anilines is 2. The molecule has 0 atom stereocenters. The van der Waals surface area contributed by atoms with Crippen molar-refractivity contribution in [3.8, 4) is 0 Å². The fourth-order valence-electron chi connectivity index (χ4n) is 2.52. The van der Waals surface area contributed by atoms with Crippen molar-refractivity contribution in [2.75, 3.05) is 22.4 Å². The minimum absolute atomic E-state index is 0.137. The average molecular weight is 439 g/mol. The normalized spacial score (nSPS) is 11.2. The molecule has 1 amide bonds. The monoisotopic (exact) mass is 438 g/mol. The summed E-state index contributed by atoms with van der Waals surface area (Å²) >= 11 is 3.34. The van der Waals surface area contributed by atoms with Crippen molar-refractivity contribution >= 4 is 43.2 Å². The maximum Gasteiger partial charge on any atom is 0.232 e. The Bertz CT molecular complexity index is 834. The van der Waals surface area contributed by atoms with Gasteiger partial charge in [0.25, 0.3) is 0 Å². The number of amides is 1. The first-order valence-electron chi connectivity index (χ1n) is 8.41. The molecule has 0 aromatic heterocycles. The number of nitrogens with zero attached hydrogens (tertiary/aromatic N) is 1. The van der Waals surface area contributed by atoms with Gasteiger partial charge in [0.05, 0.1) is 11.9 Å². The van der Waals surface area contributed by atoms with Crippen LogP contribution < -0.4 is 9.62 Å². The van der Waals surface area contributed by atoms with Crippen LogP contribution in [0.15, 0.2) is 53.0 Å². The van der Waals surface area contributed by atoms with Crippen LogP contribution in [-0.4, -0.2) is 27.1 Å². The minimum atomic E-state index is -3.40. The van der Waals surface area contributed by atoms with Gasteiger partial charge in [-0.1, -0.05) is 35.0 Å². The zero-order valence-electron chi connectivity index (χ0n) is 14.9. The summed E-state index contributed by atoms with van der Waals surface area (Å²) in [7, 11) is -3.40. The van der Waals surface area contributed by atoms with Gasteiger partial charge < -0.3 is 5.32 Å². The third-order valence-corrected chi connectivity index (χ3v) is 5.65. The van der Waals surface area contributed by atoms with Gasteiger partial charge in [-0.3, -0.25) is 9.10 Å². The highest BCUT2D eigenvalue weighted by Crippen LogP contribution is 2.20. The maximum absolute atomic E-state index is 12.1. The molecule has 1 N–H and O–H groups in total. The topological polar surface area (TPSA) is 66.5 Å². The number of hydrogen-bond acceptors (Lipinski definition) is 3. The van der Waals surface area contributed by atoms with Crippen LogP contribution in [0.5, 0.6) is 0 Å². The van der Waals surface area contributed by atoms with Crippen molar-refractivity contribution in [2.45, 2.75) is 26.2 Å². The molecule has 0 saturated heterocycles. The second-order valence-electron chi connectivity index (χ2n) is 6.01. The van der Waals surface area contributed by atoms with Crippen molar-refractivity contribution in [2.24, 2.45) is 0 Å². The first kappa shape index (κ1) is 20.5. The Labute approximate surface area is 163 Å². The number of rotatable bonds is 8. The Hall–Kier alpha value is -1.86. The highest BCUT2D eigenvalue weighted by atomic mass is 79.9. The SMILES string of the molecule is CCc1ccc(N(CCCC(=O)Nc2ccc(Br)cc2)S(C)(=O)=O)cc1. The molecule has 2 rings (SSSR count). The largest absolute Gasteiger partial charge is 0.326 e. The molecule has 0 unspecified atom stereocenters. The third kappa shape index (κ3) is 6.14. The smallest absolute Gasteiger partial charge is 0.232 e. The van der Waals surface area contributed by atoms with Crippen LogP contribution in [0, 0.1) is 0 Å². The van der Waals surface area contributed by atoms with E-state index in [-0.39, 0.29) is 18.9 Å². The van der Waals surface area contributed by atoms with Crippen molar-refractivity contribution in [3.63, 3.8) is 0 Å². The highest BCUT2D eigenvalue weighted by Gasteiger charge is 2.17. The summed E-state index contributed by atoms with van der Waals surface area (Å²) in [4.78, 5) is 12.1. The van der Waals surface area contributed by atoms with Gasteiger partial charge in [-0.05, 0) is 54.8 Å². The Morgan fingerprint density at radius 1 is 1.08 bits per heavy atom. The molecule has 0 aliphatic heterocycles. The van der Waals surface area contributed by atoms with Crippen molar-refractivity contribution in [1.82, 2.24) is 0 Å². The molecular weight excluding hydrogens is 416 g/mol. The van der Waals surface area contributed by atoms with Gasteiger partial charge in [0.1, 0.15) is 0 Å². The number of benzene rings is 2. The summed E-state index contributed by atoms with van der Waals surface area (Å²) in [5.41, 5.74) is 2.49. The fraction of sp³-hybridized carbons (Fsp3) is 0.316. The standard InChI is InChI=1S/C19H23BrN2O3S/c1-3-15-6-12-18(13-7-15)22(26(2,24)25)14-4-5-19(23)21-17-10-8-16(20)9-11-17/h6-13H,3-5,14H2,1-2H3,(H,21,23). The molecule has 0 aliphatic rings. The molecule has 26 heavy (non-hydrogen) atoms. The van der Waals surface area contributed by atoms with Crippen LogP contribution in [0.2, 0.25) is 0 Å². The van der Waals surface area contributed by atoms with Crippen LogP contribution >= 0.6 is 15.9 Å². The van der Waals surface area contributed by atoms with E-state index in [1.807, 2.05) is 43.3 Å². The van der Waals surface area contributed by atoms with E-state index in [4.69, 9.17) is 0 Å². The van der Waals surface area contributed by atoms with Crippen LogP contribution in [0.4, 0.5) is 11.4 Å². The summed E-state index contributed by atoms with van der Waals surface area (Å²) in [6.07, 6.45) is 2.76. The first-order chi connectivity index (χ1) is 12.3. The summed E-state index contributed by atoms with van der Waals surface area (Å²) in [5, 5.41) is 2.81. The number of carbonyl (C=O) groups is 1. The second-order valence-corrected chi connectivity index (χ2v) is 8.84. The number of halogens is 1. The van der Waals surface area contributed by atoms with E-state index in [9.17, 15) is 13.2 Å². The van der Waals surface area contributed by atoms with Gasteiger partial charge in [-0.2, -0.15) is 0 Å². The number of carbonyl (C=O) groups excluding carboxylic acids is 1. The quantitative estimate of drug-likeness (QED) is 0.671. The predicted molar refractivity (Wildman–Crippen MR) is 110 cm³/mol. The van der Waals surface area contributed by atoms with Gasteiger partial charge in [0.15, 0.2) is 0 Å². The summed E-state index contributed by atoms with van der Waals surface area (Å²) < 4.78 is 26.5. The van der Waals surface area contributed by atoms with E-state index in [1.54, 1.807) is 12.1 Å². The minimum Gasteiger partial charge on any atom is -0.326 e. The Kier molecular flexibility index (Phi) is 7.23. The van der Waals surface area contributed by atoms with E-state index < -0.39 is 10.0 Å². The number of hydrogen-bond donors (Lipinski definition) is 1. The van der Waals surface area contributed by atoms with E-state index in [0.29, 0.717) is 17.8 Å². The molecular formula is C19H23BrN2O3S. The molecule has 2 aromatic rings. The van der Waals surface area contributed by atoms with Gasteiger partial charge in [0, 0.05) is 23.1 Å². The maximum atomic E-state index is 12.1. The van der Waals surface area contributed by atoms with Gasteiger partial charge >= 0.3 is 0 Å². The van der Waals surface area contributed by atoms with Crippen molar-refractivity contribution in [3.05, 3.63) is 58.6 Å². The lowest BCUT2D eigenvalue weighted by atomic mass is 10.1.